The molecule has 1 N–H and O–H groups in total. The summed E-state index contributed by atoms with van der Waals surface area (Å²) in [6.07, 6.45) is 1.43. The summed E-state index contributed by atoms with van der Waals surface area (Å²) in [6.45, 7) is 2.30. The molecule has 1 aromatic heterocycles. The van der Waals surface area contributed by atoms with Gasteiger partial charge in [-0.05, 0) is 37.1 Å². The molecule has 0 radical (unpaired) electrons. The molecule has 8 nitrogen and oxygen atoms in total. The molecule has 170 valence electrons. The zero-order valence-electron chi connectivity index (χ0n) is 17.6. The van der Waals surface area contributed by atoms with E-state index in [4.69, 9.17) is 25.8 Å². The van der Waals surface area contributed by atoms with Crippen molar-refractivity contribution in [1.29, 1.82) is 0 Å². The molecule has 0 spiro atoms. The van der Waals surface area contributed by atoms with Gasteiger partial charge in [-0.1, -0.05) is 11.6 Å². The van der Waals surface area contributed by atoms with Gasteiger partial charge in [0.05, 0.1) is 27.5 Å². The van der Waals surface area contributed by atoms with Crippen LogP contribution in [0, 0.1) is 0 Å². The largest absolute Gasteiger partial charge is 0.489 e. The normalized spacial score (nSPS) is 24.4. The van der Waals surface area contributed by atoms with E-state index in [0.29, 0.717) is 27.3 Å². The molecular weight excluding hydrogens is 454 g/mol. The van der Waals surface area contributed by atoms with Crippen molar-refractivity contribution in [1.82, 2.24) is 5.32 Å². The first-order chi connectivity index (χ1) is 15.5. The average Bonchev–Trinajstić information content (AvgIpc) is 3.40. The number of methoxy groups -OCH3 is 1. The van der Waals surface area contributed by atoms with Crippen molar-refractivity contribution in [3.8, 4) is 5.75 Å². The summed E-state index contributed by atoms with van der Waals surface area (Å²) in [5.41, 5.74) is 1.74. The molecule has 4 heterocycles. The first-order valence-electron chi connectivity index (χ1n) is 10.6. The maximum absolute atomic E-state index is 12.7. The molecule has 5 rings (SSSR count). The number of hydrogen-bond acceptors (Lipinski definition) is 7. The third-order valence-electron chi connectivity index (χ3n) is 6.16. The third-order valence-corrected chi connectivity index (χ3v) is 7.39. The Labute approximate surface area is 195 Å². The average molecular weight is 478 g/mol. The van der Waals surface area contributed by atoms with Gasteiger partial charge >= 0.3 is 6.09 Å². The minimum absolute atomic E-state index is 0.199. The molecule has 3 aliphatic rings. The Morgan fingerprint density at radius 2 is 2.22 bits per heavy atom. The predicted octanol–water partition coefficient (Wildman–Crippen LogP) is 3.53. The number of rotatable bonds is 5. The molecule has 1 unspecified atom stereocenters. The lowest BCUT2D eigenvalue weighted by Gasteiger charge is -2.35. The highest BCUT2D eigenvalue weighted by atomic mass is 35.5. The monoisotopic (exact) mass is 477 g/mol. The second-order valence-corrected chi connectivity index (χ2v) is 9.80. The molecule has 2 fully saturated rings. The minimum atomic E-state index is -0.501. The van der Waals surface area contributed by atoms with Crippen molar-refractivity contribution in [2.75, 3.05) is 43.2 Å². The van der Waals surface area contributed by atoms with Gasteiger partial charge in [0, 0.05) is 32.0 Å². The molecule has 0 bridgehead atoms. The van der Waals surface area contributed by atoms with E-state index < -0.39 is 12.2 Å². The van der Waals surface area contributed by atoms with E-state index in [0.717, 1.165) is 31.6 Å². The predicted molar refractivity (Wildman–Crippen MR) is 122 cm³/mol. The van der Waals surface area contributed by atoms with Crippen LogP contribution in [-0.4, -0.2) is 63.6 Å². The van der Waals surface area contributed by atoms with Crippen molar-refractivity contribution in [3.63, 3.8) is 0 Å². The maximum atomic E-state index is 12.7. The number of nitrogens with one attached hydrogen (secondary N) is 1. The van der Waals surface area contributed by atoms with Crippen LogP contribution in [0.3, 0.4) is 0 Å². The van der Waals surface area contributed by atoms with Gasteiger partial charge in [0.15, 0.2) is 0 Å². The van der Waals surface area contributed by atoms with Crippen molar-refractivity contribution >= 4 is 46.3 Å². The maximum Gasteiger partial charge on any atom is 0.415 e. The Morgan fingerprint density at radius 1 is 1.34 bits per heavy atom. The van der Waals surface area contributed by atoms with Gasteiger partial charge in [-0.15, -0.1) is 11.3 Å². The number of thiophene rings is 1. The summed E-state index contributed by atoms with van der Waals surface area (Å²) in [5, 5.41) is 2.83. The Morgan fingerprint density at radius 3 is 3.00 bits per heavy atom. The van der Waals surface area contributed by atoms with Crippen LogP contribution in [0.5, 0.6) is 5.75 Å². The fourth-order valence-electron chi connectivity index (χ4n) is 4.47. The van der Waals surface area contributed by atoms with Gasteiger partial charge in [-0.25, -0.2) is 4.79 Å². The van der Waals surface area contributed by atoms with Crippen LogP contribution in [0.15, 0.2) is 30.3 Å². The van der Waals surface area contributed by atoms with Crippen molar-refractivity contribution < 1.29 is 23.8 Å². The Balaban J connectivity index is 1.28. The second-order valence-electron chi connectivity index (χ2n) is 8.08. The van der Waals surface area contributed by atoms with Crippen molar-refractivity contribution in [2.24, 2.45) is 0 Å². The summed E-state index contributed by atoms with van der Waals surface area (Å²) < 4.78 is 17.7. The van der Waals surface area contributed by atoms with Crippen molar-refractivity contribution in [2.45, 2.75) is 31.1 Å². The lowest BCUT2D eigenvalue weighted by molar-refractivity contribution is 0.0890. The van der Waals surface area contributed by atoms with E-state index in [9.17, 15) is 9.59 Å². The first kappa shape index (κ1) is 21.4. The third kappa shape index (κ3) is 4.00. The van der Waals surface area contributed by atoms with Gasteiger partial charge in [-0.3, -0.25) is 9.69 Å². The number of piperidine rings is 1. The number of carbonyl (C=O) groups is 2. The number of nitrogens with zero attached hydrogens (tertiary/aromatic N) is 2. The van der Waals surface area contributed by atoms with Crippen molar-refractivity contribution in [3.05, 3.63) is 39.5 Å². The van der Waals surface area contributed by atoms with E-state index in [1.54, 1.807) is 24.1 Å². The first-order valence-corrected chi connectivity index (χ1v) is 11.8. The van der Waals surface area contributed by atoms with E-state index in [-0.39, 0.29) is 24.6 Å². The van der Waals surface area contributed by atoms with Crippen LogP contribution in [0.25, 0.3) is 0 Å². The highest BCUT2D eigenvalue weighted by Crippen LogP contribution is 2.41. The fourth-order valence-corrected chi connectivity index (χ4v) is 5.43. The summed E-state index contributed by atoms with van der Waals surface area (Å²) in [6, 6.07) is 8.93. The fraction of sp³-hybridized carbons (Fsp3) is 0.455. The quantitative estimate of drug-likeness (QED) is 0.709. The number of anilines is 2. The smallest absolute Gasteiger partial charge is 0.415 e. The lowest BCUT2D eigenvalue weighted by atomic mass is 10.1. The van der Waals surface area contributed by atoms with Crippen LogP contribution in [-0.2, 0) is 9.47 Å². The van der Waals surface area contributed by atoms with E-state index in [1.807, 2.05) is 18.2 Å². The Kier molecular flexibility index (Phi) is 5.88. The molecule has 3 atom stereocenters. The number of fused-ring (bicyclic) bond motifs is 3. The van der Waals surface area contributed by atoms with Crippen LogP contribution in [0.1, 0.15) is 22.5 Å². The molecule has 10 heteroatoms. The van der Waals surface area contributed by atoms with E-state index in [1.165, 1.54) is 11.3 Å². The van der Waals surface area contributed by atoms with Crippen LogP contribution in [0.2, 0.25) is 4.34 Å². The highest BCUT2D eigenvalue weighted by Gasteiger charge is 2.46. The molecule has 2 amide bonds. The van der Waals surface area contributed by atoms with Crippen LogP contribution >= 0.6 is 22.9 Å². The van der Waals surface area contributed by atoms with Crippen LogP contribution in [0.4, 0.5) is 16.2 Å². The number of carbonyl (C=O) groups excluding carboxylic acids is 2. The number of ether oxygens (including phenoxy) is 3. The molecule has 32 heavy (non-hydrogen) atoms. The molecule has 1 aromatic carbocycles. The number of cyclic esters (lactones) is 1. The standard InChI is InChI=1S/C22H24ClN3O5S/c1-29-14-3-2-8-25(11-14)13-4-5-15-17(9-13)30-12-16-18(31-22(28)26(15)16)10-24-21(27)19-6-7-20(23)32-19/h4-7,9,14,16,18H,2-3,8,10-12H2,1H3,(H,24,27)/t14?,16-,18-/m0/s1. The molecule has 2 saturated heterocycles. The molecule has 0 aliphatic carbocycles. The molecule has 0 saturated carbocycles. The Hall–Kier alpha value is -2.49. The lowest BCUT2D eigenvalue weighted by Crippen LogP contribution is -2.48. The number of hydrogen-bond donors (Lipinski definition) is 1. The summed E-state index contributed by atoms with van der Waals surface area (Å²) in [7, 11) is 1.75. The topological polar surface area (TPSA) is 80.3 Å². The second kappa shape index (κ2) is 8.80. The number of amides is 2. The molecular formula is C22H24ClN3O5S. The SMILES string of the molecule is COC1CCCN(c2ccc3c(c2)OC[C@H]2[C@H](CNC(=O)c4ccc(Cl)s4)OC(=O)N32)C1. The Bertz CT molecular complexity index is 1030. The van der Waals surface area contributed by atoms with Crippen LogP contribution < -0.4 is 19.9 Å². The number of halogens is 1. The van der Waals surface area contributed by atoms with E-state index >= 15 is 0 Å². The zero-order valence-corrected chi connectivity index (χ0v) is 19.2. The summed E-state index contributed by atoms with van der Waals surface area (Å²) in [4.78, 5) is 29.4. The van der Waals surface area contributed by atoms with Gasteiger partial charge < -0.3 is 24.4 Å². The van der Waals surface area contributed by atoms with E-state index in [2.05, 4.69) is 10.2 Å². The summed E-state index contributed by atoms with van der Waals surface area (Å²) >= 11 is 7.11. The van der Waals surface area contributed by atoms with Gasteiger partial charge in [0.2, 0.25) is 0 Å². The van der Waals surface area contributed by atoms with Gasteiger partial charge in [-0.2, -0.15) is 0 Å². The number of benzene rings is 1. The molecule has 2 aromatic rings. The highest BCUT2D eigenvalue weighted by molar-refractivity contribution is 7.18. The molecule has 3 aliphatic heterocycles. The van der Waals surface area contributed by atoms with Gasteiger partial charge in [0.25, 0.3) is 5.91 Å². The van der Waals surface area contributed by atoms with Gasteiger partial charge in [0.1, 0.15) is 24.5 Å². The zero-order chi connectivity index (χ0) is 22.2. The minimum Gasteiger partial charge on any atom is -0.489 e. The summed E-state index contributed by atoms with van der Waals surface area (Å²) in [5.74, 6) is 0.419.